The lowest BCUT2D eigenvalue weighted by Gasteiger charge is -2.10. The lowest BCUT2D eigenvalue weighted by atomic mass is 10.2. The summed E-state index contributed by atoms with van der Waals surface area (Å²) in [6.45, 7) is 2.16. The molecule has 15 heavy (non-hydrogen) atoms. The van der Waals surface area contributed by atoms with Gasteiger partial charge in [-0.25, -0.2) is 0 Å². The van der Waals surface area contributed by atoms with Crippen LogP contribution in [0.2, 0.25) is 0 Å². The summed E-state index contributed by atoms with van der Waals surface area (Å²) < 4.78 is 10.4. The number of rotatable bonds is 6. The molecule has 1 rings (SSSR count). The minimum absolute atomic E-state index is 0.631. The molecule has 4 heteroatoms. The molecule has 0 heterocycles. The van der Waals surface area contributed by atoms with Crippen molar-refractivity contribution in [1.29, 1.82) is 0 Å². The van der Waals surface area contributed by atoms with Crippen LogP contribution in [0, 0.1) is 0 Å². The topological polar surface area (TPSA) is 56.5 Å². The highest BCUT2D eigenvalue weighted by molar-refractivity contribution is 5.40. The van der Waals surface area contributed by atoms with Crippen LogP contribution in [0.15, 0.2) is 18.2 Å². The van der Waals surface area contributed by atoms with E-state index in [1.165, 1.54) is 0 Å². The molecule has 0 saturated carbocycles. The number of nitrogens with one attached hydrogen (secondary N) is 1. The van der Waals surface area contributed by atoms with Gasteiger partial charge in [-0.05, 0) is 18.2 Å². The average molecular weight is 210 g/mol. The summed E-state index contributed by atoms with van der Waals surface area (Å²) in [6.07, 6.45) is 0. The first kappa shape index (κ1) is 11.8. The molecule has 0 aliphatic heterocycles. The van der Waals surface area contributed by atoms with Crippen molar-refractivity contribution in [2.45, 2.75) is 6.54 Å². The lowest BCUT2D eigenvalue weighted by Crippen LogP contribution is -2.22. The summed E-state index contributed by atoms with van der Waals surface area (Å²) in [5.74, 6) is 1.70. The predicted molar refractivity (Wildman–Crippen MR) is 60.3 cm³/mol. The first-order valence-electron chi connectivity index (χ1n) is 4.93. The van der Waals surface area contributed by atoms with Crippen LogP contribution in [0.5, 0.6) is 11.5 Å². The number of benzene rings is 1. The second-order valence-corrected chi connectivity index (χ2v) is 3.14. The standard InChI is InChI=1S/C11H18N2O2/c1-14-10-3-4-11(15-2)9(7-10)8-13-6-5-12/h3-4,7,13H,5-6,8,12H2,1-2H3. The van der Waals surface area contributed by atoms with Gasteiger partial charge in [0.15, 0.2) is 0 Å². The van der Waals surface area contributed by atoms with Crippen molar-refractivity contribution >= 4 is 0 Å². The van der Waals surface area contributed by atoms with Crippen LogP contribution in [0.4, 0.5) is 0 Å². The van der Waals surface area contributed by atoms with Crippen molar-refractivity contribution in [1.82, 2.24) is 5.32 Å². The normalized spacial score (nSPS) is 10.1. The largest absolute Gasteiger partial charge is 0.497 e. The Morgan fingerprint density at radius 2 is 2.07 bits per heavy atom. The third kappa shape index (κ3) is 3.42. The third-order valence-corrected chi connectivity index (χ3v) is 2.12. The summed E-state index contributed by atoms with van der Waals surface area (Å²) in [4.78, 5) is 0. The molecule has 0 aromatic heterocycles. The maximum Gasteiger partial charge on any atom is 0.123 e. The van der Waals surface area contributed by atoms with Crippen molar-refractivity contribution < 1.29 is 9.47 Å². The van der Waals surface area contributed by atoms with Crippen LogP contribution in [-0.4, -0.2) is 27.3 Å². The summed E-state index contributed by atoms with van der Waals surface area (Å²) >= 11 is 0. The van der Waals surface area contributed by atoms with Gasteiger partial charge in [0.05, 0.1) is 14.2 Å². The first-order chi connectivity index (χ1) is 7.31. The minimum atomic E-state index is 0.631. The van der Waals surface area contributed by atoms with E-state index in [4.69, 9.17) is 15.2 Å². The quantitative estimate of drug-likeness (QED) is 0.680. The molecule has 84 valence electrons. The van der Waals surface area contributed by atoms with Crippen LogP contribution < -0.4 is 20.5 Å². The molecule has 0 radical (unpaired) electrons. The highest BCUT2D eigenvalue weighted by Crippen LogP contribution is 2.23. The monoisotopic (exact) mass is 210 g/mol. The Morgan fingerprint density at radius 3 is 2.67 bits per heavy atom. The van der Waals surface area contributed by atoms with E-state index < -0.39 is 0 Å². The van der Waals surface area contributed by atoms with Gasteiger partial charge in [-0.2, -0.15) is 0 Å². The fourth-order valence-electron chi connectivity index (χ4n) is 1.35. The van der Waals surface area contributed by atoms with Gasteiger partial charge >= 0.3 is 0 Å². The molecular formula is C11H18N2O2. The Kier molecular flexibility index (Phi) is 4.93. The van der Waals surface area contributed by atoms with E-state index in [2.05, 4.69) is 5.32 Å². The molecule has 0 unspecified atom stereocenters. The van der Waals surface area contributed by atoms with Crippen LogP contribution in [-0.2, 0) is 6.54 Å². The fourth-order valence-corrected chi connectivity index (χ4v) is 1.35. The zero-order valence-electron chi connectivity index (χ0n) is 9.25. The van der Waals surface area contributed by atoms with Gasteiger partial charge < -0.3 is 20.5 Å². The maximum absolute atomic E-state index is 5.40. The molecule has 1 aromatic carbocycles. The van der Waals surface area contributed by atoms with Crippen LogP contribution in [0.3, 0.4) is 0 Å². The third-order valence-electron chi connectivity index (χ3n) is 2.12. The second kappa shape index (κ2) is 6.27. The van der Waals surface area contributed by atoms with Crippen molar-refractivity contribution in [2.75, 3.05) is 27.3 Å². The van der Waals surface area contributed by atoms with E-state index in [-0.39, 0.29) is 0 Å². The zero-order chi connectivity index (χ0) is 11.1. The smallest absolute Gasteiger partial charge is 0.123 e. The minimum Gasteiger partial charge on any atom is -0.497 e. The van der Waals surface area contributed by atoms with Crippen molar-refractivity contribution in [2.24, 2.45) is 5.73 Å². The fraction of sp³-hybridized carbons (Fsp3) is 0.455. The average Bonchev–Trinajstić information content (AvgIpc) is 2.29. The van der Waals surface area contributed by atoms with Crippen molar-refractivity contribution in [3.8, 4) is 11.5 Å². The lowest BCUT2D eigenvalue weighted by molar-refractivity contribution is 0.397. The Labute approximate surface area is 90.4 Å². The number of hydrogen-bond acceptors (Lipinski definition) is 4. The van der Waals surface area contributed by atoms with E-state index >= 15 is 0 Å². The van der Waals surface area contributed by atoms with Gasteiger partial charge in [-0.15, -0.1) is 0 Å². The van der Waals surface area contributed by atoms with Gasteiger partial charge in [0.25, 0.3) is 0 Å². The van der Waals surface area contributed by atoms with Crippen molar-refractivity contribution in [3.05, 3.63) is 23.8 Å². The van der Waals surface area contributed by atoms with Gasteiger partial charge in [-0.1, -0.05) is 0 Å². The second-order valence-electron chi connectivity index (χ2n) is 3.14. The van der Waals surface area contributed by atoms with Crippen molar-refractivity contribution in [3.63, 3.8) is 0 Å². The summed E-state index contributed by atoms with van der Waals surface area (Å²) in [7, 11) is 3.31. The number of ether oxygens (including phenoxy) is 2. The number of nitrogens with two attached hydrogens (primary N) is 1. The summed E-state index contributed by atoms with van der Waals surface area (Å²) in [6, 6.07) is 5.74. The van der Waals surface area contributed by atoms with E-state index in [1.807, 2.05) is 18.2 Å². The molecule has 3 N–H and O–H groups in total. The van der Waals surface area contributed by atoms with Gasteiger partial charge in [0.1, 0.15) is 11.5 Å². The summed E-state index contributed by atoms with van der Waals surface area (Å²) in [5, 5.41) is 3.22. The molecule has 0 bridgehead atoms. The summed E-state index contributed by atoms with van der Waals surface area (Å²) in [5.41, 5.74) is 6.48. The molecule has 4 nitrogen and oxygen atoms in total. The molecule has 0 aliphatic carbocycles. The van der Waals surface area contributed by atoms with Crippen LogP contribution >= 0.6 is 0 Å². The first-order valence-corrected chi connectivity index (χ1v) is 4.93. The molecule has 1 aromatic rings. The molecule has 0 fully saturated rings. The van der Waals surface area contributed by atoms with E-state index in [0.717, 1.165) is 30.2 Å². The van der Waals surface area contributed by atoms with Gasteiger partial charge in [-0.3, -0.25) is 0 Å². The Morgan fingerprint density at radius 1 is 1.27 bits per heavy atom. The van der Waals surface area contributed by atoms with E-state index in [1.54, 1.807) is 14.2 Å². The molecule has 0 saturated heterocycles. The highest BCUT2D eigenvalue weighted by Gasteiger charge is 2.03. The van der Waals surface area contributed by atoms with Crippen LogP contribution in [0.1, 0.15) is 5.56 Å². The Hall–Kier alpha value is -1.26. The molecule has 0 amide bonds. The van der Waals surface area contributed by atoms with E-state index in [9.17, 15) is 0 Å². The number of methoxy groups -OCH3 is 2. The molecule has 0 atom stereocenters. The SMILES string of the molecule is COc1ccc(OC)c(CNCCN)c1. The zero-order valence-corrected chi connectivity index (χ0v) is 9.25. The highest BCUT2D eigenvalue weighted by atomic mass is 16.5. The van der Waals surface area contributed by atoms with Gasteiger partial charge in [0.2, 0.25) is 0 Å². The van der Waals surface area contributed by atoms with E-state index in [0.29, 0.717) is 6.54 Å². The van der Waals surface area contributed by atoms with Crippen LogP contribution in [0.25, 0.3) is 0 Å². The molecule has 0 aliphatic rings. The predicted octanol–water partition coefficient (Wildman–Crippen LogP) is 0.752. The Bertz CT molecular complexity index is 303. The maximum atomic E-state index is 5.40. The number of hydrogen-bond donors (Lipinski definition) is 2. The Balaban J connectivity index is 2.72. The molecule has 0 spiro atoms. The van der Waals surface area contributed by atoms with Gasteiger partial charge in [0, 0.05) is 25.2 Å². The molecular weight excluding hydrogens is 192 g/mol.